The van der Waals surface area contributed by atoms with Gasteiger partial charge >= 0.3 is 0 Å². The Morgan fingerprint density at radius 3 is 1.91 bits per heavy atom. The highest BCUT2D eigenvalue weighted by Gasteiger charge is 2.37. The van der Waals surface area contributed by atoms with Crippen molar-refractivity contribution in [1.29, 1.82) is 0 Å². The molecule has 2 aromatic heterocycles. The molecule has 0 aliphatic heterocycles. The fraction of sp³-hybridized carbons (Fsp3) is 0.0698. The Labute approximate surface area is 268 Å². The molecule has 0 unspecified atom stereocenters. The zero-order valence-corrected chi connectivity index (χ0v) is 25.8. The summed E-state index contributed by atoms with van der Waals surface area (Å²) in [6.07, 6.45) is 0. The average molecular weight is 590 g/mol. The molecule has 8 aromatic rings. The highest BCUT2D eigenvalue weighted by atomic mass is 15.2. The van der Waals surface area contributed by atoms with Crippen LogP contribution in [0.1, 0.15) is 25.0 Å². The smallest absolute Gasteiger partial charge is 0.235 e. The highest BCUT2D eigenvalue weighted by Crippen LogP contribution is 2.52. The van der Waals surface area contributed by atoms with Crippen molar-refractivity contribution in [3.05, 3.63) is 163 Å². The van der Waals surface area contributed by atoms with Crippen LogP contribution in [0.25, 0.3) is 72.5 Å². The number of benzene rings is 6. The molecule has 0 spiro atoms. The lowest BCUT2D eigenvalue weighted by atomic mass is 9.82. The van der Waals surface area contributed by atoms with Gasteiger partial charge in [0.05, 0.1) is 22.4 Å². The molecule has 0 fully saturated rings. The molecule has 1 aliphatic carbocycles. The molecule has 0 amide bonds. The summed E-state index contributed by atoms with van der Waals surface area (Å²) in [5, 5.41) is 2.41. The third kappa shape index (κ3) is 3.98. The van der Waals surface area contributed by atoms with Gasteiger partial charge in [-0.25, -0.2) is 9.97 Å². The molecule has 0 saturated carbocycles. The van der Waals surface area contributed by atoms with E-state index in [1.165, 1.54) is 38.6 Å². The summed E-state index contributed by atoms with van der Waals surface area (Å²) in [6.45, 7) is 4.67. The van der Waals surface area contributed by atoms with Gasteiger partial charge in [0.15, 0.2) is 0 Å². The van der Waals surface area contributed by atoms with Gasteiger partial charge in [-0.15, -0.1) is 0 Å². The first-order chi connectivity index (χ1) is 22.6. The van der Waals surface area contributed by atoms with Crippen molar-refractivity contribution in [2.75, 3.05) is 0 Å². The van der Waals surface area contributed by atoms with Gasteiger partial charge in [0.2, 0.25) is 5.95 Å². The second-order valence-electron chi connectivity index (χ2n) is 12.7. The number of para-hydroxylation sites is 1. The van der Waals surface area contributed by atoms with E-state index in [1.807, 2.05) is 6.07 Å². The molecule has 0 N–H and O–H groups in total. The van der Waals surface area contributed by atoms with E-state index < -0.39 is 0 Å². The van der Waals surface area contributed by atoms with Crippen LogP contribution < -0.4 is 0 Å². The fourth-order valence-corrected chi connectivity index (χ4v) is 7.38. The number of fused-ring (bicyclic) bond motifs is 7. The van der Waals surface area contributed by atoms with Crippen molar-refractivity contribution in [3.8, 4) is 50.7 Å². The van der Waals surface area contributed by atoms with Crippen LogP contribution in [0.2, 0.25) is 0 Å². The molecule has 3 nitrogen and oxygen atoms in total. The zero-order chi connectivity index (χ0) is 30.8. The van der Waals surface area contributed by atoms with Crippen LogP contribution in [-0.4, -0.2) is 14.5 Å². The van der Waals surface area contributed by atoms with Crippen molar-refractivity contribution >= 4 is 21.8 Å². The van der Waals surface area contributed by atoms with Crippen LogP contribution in [0.5, 0.6) is 0 Å². The first-order valence-corrected chi connectivity index (χ1v) is 15.9. The van der Waals surface area contributed by atoms with Crippen molar-refractivity contribution in [3.63, 3.8) is 0 Å². The van der Waals surface area contributed by atoms with Gasteiger partial charge in [-0.2, -0.15) is 0 Å². The largest absolute Gasteiger partial charge is 0.277 e. The first kappa shape index (κ1) is 26.6. The predicted molar refractivity (Wildman–Crippen MR) is 190 cm³/mol. The molecule has 0 bridgehead atoms. The SMILES string of the molecule is CC1(C)c2ccccc2-c2c1ccc1c3ccccc3n(-c3nc(-c4ccccc4)cc(-c4cccc(-c5ccccc5)c4)n3)c21. The quantitative estimate of drug-likeness (QED) is 0.204. The summed E-state index contributed by atoms with van der Waals surface area (Å²) in [5.74, 6) is 0.670. The Kier molecular flexibility index (Phi) is 5.85. The van der Waals surface area contributed by atoms with Gasteiger partial charge in [0.1, 0.15) is 0 Å². The van der Waals surface area contributed by atoms with Crippen LogP contribution in [0.4, 0.5) is 0 Å². The van der Waals surface area contributed by atoms with E-state index in [2.05, 4.69) is 164 Å². The Morgan fingerprint density at radius 1 is 0.478 bits per heavy atom. The molecule has 1 aliphatic rings. The van der Waals surface area contributed by atoms with E-state index in [1.54, 1.807) is 0 Å². The molecule has 0 radical (unpaired) electrons. The number of hydrogen-bond acceptors (Lipinski definition) is 2. The maximum Gasteiger partial charge on any atom is 0.235 e. The summed E-state index contributed by atoms with van der Waals surface area (Å²) in [5.41, 5.74) is 13.6. The maximum atomic E-state index is 5.38. The van der Waals surface area contributed by atoms with E-state index >= 15 is 0 Å². The van der Waals surface area contributed by atoms with Crippen molar-refractivity contribution in [2.45, 2.75) is 19.3 Å². The number of aromatic nitrogens is 3. The summed E-state index contributed by atoms with van der Waals surface area (Å²) < 4.78 is 2.30. The number of rotatable bonds is 4. The van der Waals surface area contributed by atoms with E-state index in [9.17, 15) is 0 Å². The van der Waals surface area contributed by atoms with Crippen LogP contribution in [0.3, 0.4) is 0 Å². The predicted octanol–water partition coefficient (Wildman–Crippen LogP) is 10.9. The first-order valence-electron chi connectivity index (χ1n) is 15.9. The van der Waals surface area contributed by atoms with Gasteiger partial charge in [-0.05, 0) is 46.0 Å². The van der Waals surface area contributed by atoms with Gasteiger partial charge in [0, 0.05) is 32.9 Å². The van der Waals surface area contributed by atoms with Crippen molar-refractivity contribution < 1.29 is 0 Å². The summed E-state index contributed by atoms with van der Waals surface area (Å²) in [6, 6.07) is 53.9. The molecular weight excluding hydrogens is 558 g/mol. The summed E-state index contributed by atoms with van der Waals surface area (Å²) in [4.78, 5) is 10.7. The molecule has 0 saturated heterocycles. The number of hydrogen-bond donors (Lipinski definition) is 0. The molecule has 2 heterocycles. The topological polar surface area (TPSA) is 30.7 Å². The van der Waals surface area contributed by atoms with E-state index in [-0.39, 0.29) is 5.41 Å². The van der Waals surface area contributed by atoms with Crippen molar-refractivity contribution in [1.82, 2.24) is 14.5 Å². The molecule has 0 atom stereocenters. The minimum absolute atomic E-state index is 0.114. The lowest BCUT2D eigenvalue weighted by molar-refractivity contribution is 0.661. The minimum atomic E-state index is -0.114. The molecule has 46 heavy (non-hydrogen) atoms. The van der Waals surface area contributed by atoms with Gasteiger partial charge in [0.25, 0.3) is 0 Å². The highest BCUT2D eigenvalue weighted by molar-refractivity contribution is 6.15. The number of nitrogens with zero attached hydrogens (tertiary/aromatic N) is 3. The third-order valence-electron chi connectivity index (χ3n) is 9.63. The Morgan fingerprint density at radius 2 is 1.11 bits per heavy atom. The van der Waals surface area contributed by atoms with Gasteiger partial charge in [-0.1, -0.05) is 147 Å². The molecule has 218 valence electrons. The molecule has 3 heteroatoms. The Bertz CT molecular complexity index is 2440. The van der Waals surface area contributed by atoms with Crippen molar-refractivity contribution in [2.24, 2.45) is 0 Å². The lowest BCUT2D eigenvalue weighted by Gasteiger charge is -2.21. The fourth-order valence-electron chi connectivity index (χ4n) is 7.38. The third-order valence-corrected chi connectivity index (χ3v) is 9.63. The molecule has 6 aromatic carbocycles. The molecular formula is C43H31N3. The van der Waals surface area contributed by atoms with Crippen LogP contribution in [-0.2, 0) is 5.41 Å². The van der Waals surface area contributed by atoms with Crippen LogP contribution in [0.15, 0.2) is 152 Å². The maximum absolute atomic E-state index is 5.38. The summed E-state index contributed by atoms with van der Waals surface area (Å²) >= 11 is 0. The Hall–Kier alpha value is -5.80. The minimum Gasteiger partial charge on any atom is -0.277 e. The normalized spacial score (nSPS) is 13.2. The monoisotopic (exact) mass is 589 g/mol. The second kappa shape index (κ2) is 10.1. The average Bonchev–Trinajstić information content (AvgIpc) is 3.58. The van der Waals surface area contributed by atoms with Crippen LogP contribution in [0, 0.1) is 0 Å². The standard InChI is InChI=1S/C43H31N3/c1-43(2)35-22-11-9-21-34(35)40-36(43)25-24-33-32-20-10-12-23-39(32)46(41(33)40)42-44-37(29-16-7-4-8-17-29)27-38(45-42)31-19-13-18-30(26-31)28-14-5-3-6-15-28/h3-27H,1-2H3. The van der Waals surface area contributed by atoms with Gasteiger partial charge in [-0.3, -0.25) is 4.57 Å². The lowest BCUT2D eigenvalue weighted by Crippen LogP contribution is -2.14. The zero-order valence-electron chi connectivity index (χ0n) is 25.8. The summed E-state index contributed by atoms with van der Waals surface area (Å²) in [7, 11) is 0. The van der Waals surface area contributed by atoms with E-state index in [0.717, 1.165) is 39.1 Å². The Balaban J connectivity index is 1.37. The molecule has 9 rings (SSSR count). The van der Waals surface area contributed by atoms with E-state index in [4.69, 9.17) is 9.97 Å². The second-order valence-corrected chi connectivity index (χ2v) is 12.7. The van der Waals surface area contributed by atoms with Crippen LogP contribution >= 0.6 is 0 Å². The van der Waals surface area contributed by atoms with Gasteiger partial charge < -0.3 is 0 Å². The van der Waals surface area contributed by atoms with E-state index in [0.29, 0.717) is 5.95 Å².